The van der Waals surface area contributed by atoms with Crippen molar-refractivity contribution < 1.29 is 0 Å². The fourth-order valence-corrected chi connectivity index (χ4v) is 3.30. The lowest BCUT2D eigenvalue weighted by atomic mass is 9.74. The van der Waals surface area contributed by atoms with Crippen LogP contribution in [0.1, 0.15) is 50.0 Å². The van der Waals surface area contributed by atoms with Crippen LogP contribution in [0.5, 0.6) is 0 Å². The quantitative estimate of drug-likeness (QED) is 0.854. The van der Waals surface area contributed by atoms with Gasteiger partial charge in [-0.2, -0.15) is 0 Å². The first kappa shape index (κ1) is 12.2. The Morgan fingerprint density at radius 1 is 1.06 bits per heavy atom. The molecule has 2 saturated carbocycles. The fraction of sp³-hybridized carbons (Fsp3) is 0.625. The molecule has 2 heteroatoms. The molecule has 1 aromatic rings. The van der Waals surface area contributed by atoms with Crippen LogP contribution in [0.15, 0.2) is 30.3 Å². The summed E-state index contributed by atoms with van der Waals surface area (Å²) in [6.45, 7) is 0.797. The Morgan fingerprint density at radius 3 is 2.28 bits per heavy atom. The van der Waals surface area contributed by atoms with Gasteiger partial charge in [-0.3, -0.25) is 0 Å². The van der Waals surface area contributed by atoms with Crippen molar-refractivity contribution in [1.29, 1.82) is 0 Å². The summed E-state index contributed by atoms with van der Waals surface area (Å²) in [7, 11) is 0. The summed E-state index contributed by atoms with van der Waals surface area (Å²) < 4.78 is 0. The second-order valence-corrected chi connectivity index (χ2v) is 6.09. The number of hydrogen-bond donors (Lipinski definition) is 2. The normalized spacial score (nSPS) is 32.4. The molecular formula is C16H24N2. The van der Waals surface area contributed by atoms with Crippen molar-refractivity contribution in [3.63, 3.8) is 0 Å². The van der Waals surface area contributed by atoms with Gasteiger partial charge in [-0.15, -0.1) is 0 Å². The Bertz CT molecular complexity index is 375. The lowest BCUT2D eigenvalue weighted by Crippen LogP contribution is -2.54. The van der Waals surface area contributed by atoms with Gasteiger partial charge in [-0.25, -0.2) is 0 Å². The van der Waals surface area contributed by atoms with Gasteiger partial charge in [-0.1, -0.05) is 30.3 Å². The Hall–Kier alpha value is -0.860. The van der Waals surface area contributed by atoms with Crippen LogP contribution in [0.4, 0.5) is 0 Å². The third kappa shape index (κ3) is 2.60. The lowest BCUT2D eigenvalue weighted by molar-refractivity contribution is 0.219. The molecule has 3 N–H and O–H groups in total. The van der Waals surface area contributed by atoms with Crippen molar-refractivity contribution in [1.82, 2.24) is 5.32 Å². The zero-order valence-electron chi connectivity index (χ0n) is 11.1. The third-order valence-electron chi connectivity index (χ3n) is 4.69. The molecular weight excluding hydrogens is 220 g/mol. The standard InChI is InChI=1S/C16H24N2/c17-12-16(18-15-6-7-15)10-8-14(9-11-16)13-4-2-1-3-5-13/h1-5,14-15,18H,6-12,17H2. The van der Waals surface area contributed by atoms with Crippen LogP contribution < -0.4 is 11.1 Å². The van der Waals surface area contributed by atoms with Crippen LogP contribution in [-0.2, 0) is 0 Å². The van der Waals surface area contributed by atoms with Crippen LogP contribution in [0.2, 0.25) is 0 Å². The van der Waals surface area contributed by atoms with Gasteiger partial charge in [0, 0.05) is 18.1 Å². The molecule has 0 saturated heterocycles. The molecule has 2 fully saturated rings. The molecule has 0 bridgehead atoms. The van der Waals surface area contributed by atoms with Crippen molar-refractivity contribution in [2.75, 3.05) is 6.54 Å². The molecule has 0 amide bonds. The summed E-state index contributed by atoms with van der Waals surface area (Å²) in [4.78, 5) is 0. The maximum Gasteiger partial charge on any atom is 0.0306 e. The van der Waals surface area contributed by atoms with Gasteiger partial charge in [0.1, 0.15) is 0 Å². The topological polar surface area (TPSA) is 38.0 Å². The van der Waals surface area contributed by atoms with Crippen molar-refractivity contribution in [3.8, 4) is 0 Å². The van der Waals surface area contributed by atoms with E-state index in [2.05, 4.69) is 35.6 Å². The second-order valence-electron chi connectivity index (χ2n) is 6.09. The average molecular weight is 244 g/mol. The monoisotopic (exact) mass is 244 g/mol. The molecule has 0 heterocycles. The Morgan fingerprint density at radius 2 is 1.72 bits per heavy atom. The van der Waals surface area contributed by atoms with E-state index in [1.54, 1.807) is 0 Å². The van der Waals surface area contributed by atoms with Gasteiger partial charge in [0.25, 0.3) is 0 Å². The molecule has 1 aromatic carbocycles. The number of nitrogens with one attached hydrogen (secondary N) is 1. The minimum Gasteiger partial charge on any atom is -0.329 e. The Balaban J connectivity index is 1.62. The van der Waals surface area contributed by atoms with E-state index >= 15 is 0 Å². The van der Waals surface area contributed by atoms with Crippen LogP contribution in [0.25, 0.3) is 0 Å². The average Bonchev–Trinajstić information content (AvgIpc) is 3.24. The Kier molecular flexibility index (Phi) is 3.40. The van der Waals surface area contributed by atoms with Gasteiger partial charge in [0.05, 0.1) is 0 Å². The first-order valence-electron chi connectivity index (χ1n) is 7.34. The maximum atomic E-state index is 6.04. The Labute approximate surface area is 110 Å². The summed E-state index contributed by atoms with van der Waals surface area (Å²) in [6.07, 6.45) is 7.73. The predicted octanol–water partition coefficient (Wildman–Crippen LogP) is 2.79. The molecule has 0 aliphatic heterocycles. The summed E-state index contributed by atoms with van der Waals surface area (Å²) in [5, 5.41) is 3.80. The number of hydrogen-bond acceptors (Lipinski definition) is 2. The number of benzene rings is 1. The van der Waals surface area contributed by atoms with E-state index in [0.29, 0.717) is 0 Å². The minimum atomic E-state index is 0.243. The molecule has 18 heavy (non-hydrogen) atoms. The molecule has 0 atom stereocenters. The van der Waals surface area contributed by atoms with Gasteiger partial charge in [0.2, 0.25) is 0 Å². The smallest absolute Gasteiger partial charge is 0.0306 e. The highest BCUT2D eigenvalue weighted by Crippen LogP contribution is 2.39. The summed E-state index contributed by atoms with van der Waals surface area (Å²) >= 11 is 0. The molecule has 3 rings (SSSR count). The number of rotatable bonds is 4. The van der Waals surface area contributed by atoms with Gasteiger partial charge in [-0.05, 0) is 50.0 Å². The van der Waals surface area contributed by atoms with Crippen molar-refractivity contribution in [2.45, 2.75) is 56.0 Å². The first-order chi connectivity index (χ1) is 8.81. The minimum absolute atomic E-state index is 0.243. The first-order valence-corrected chi connectivity index (χ1v) is 7.34. The van der Waals surface area contributed by atoms with Crippen LogP contribution in [0, 0.1) is 0 Å². The zero-order chi connectivity index (χ0) is 12.4. The van der Waals surface area contributed by atoms with E-state index in [1.165, 1.54) is 44.1 Å². The molecule has 2 aliphatic rings. The highest BCUT2D eigenvalue weighted by Gasteiger charge is 2.38. The molecule has 2 nitrogen and oxygen atoms in total. The van der Waals surface area contributed by atoms with E-state index in [1.807, 2.05) is 0 Å². The van der Waals surface area contributed by atoms with E-state index in [4.69, 9.17) is 5.73 Å². The SMILES string of the molecule is NCC1(NC2CC2)CCC(c2ccccc2)CC1. The zero-order valence-corrected chi connectivity index (χ0v) is 11.1. The van der Waals surface area contributed by atoms with E-state index in [9.17, 15) is 0 Å². The summed E-state index contributed by atoms with van der Waals surface area (Å²) in [5.41, 5.74) is 7.79. The molecule has 0 spiro atoms. The lowest BCUT2D eigenvalue weighted by Gasteiger charge is -2.40. The summed E-state index contributed by atoms with van der Waals surface area (Å²) in [6, 6.07) is 11.7. The van der Waals surface area contributed by atoms with Gasteiger partial charge >= 0.3 is 0 Å². The van der Waals surface area contributed by atoms with Crippen LogP contribution in [0.3, 0.4) is 0 Å². The molecule has 0 aromatic heterocycles. The van der Waals surface area contributed by atoms with E-state index in [-0.39, 0.29) is 5.54 Å². The molecule has 0 unspecified atom stereocenters. The summed E-state index contributed by atoms with van der Waals surface area (Å²) in [5.74, 6) is 0.742. The van der Waals surface area contributed by atoms with Crippen LogP contribution in [-0.4, -0.2) is 18.1 Å². The molecule has 0 radical (unpaired) electrons. The highest BCUT2D eigenvalue weighted by atomic mass is 15.1. The van der Waals surface area contributed by atoms with Crippen molar-refractivity contribution in [2.24, 2.45) is 5.73 Å². The van der Waals surface area contributed by atoms with Gasteiger partial charge < -0.3 is 11.1 Å². The van der Waals surface area contributed by atoms with Crippen molar-refractivity contribution in [3.05, 3.63) is 35.9 Å². The predicted molar refractivity (Wildman–Crippen MR) is 75.6 cm³/mol. The largest absolute Gasteiger partial charge is 0.329 e. The highest BCUT2D eigenvalue weighted by molar-refractivity contribution is 5.21. The van der Waals surface area contributed by atoms with Crippen molar-refractivity contribution >= 4 is 0 Å². The fourth-order valence-electron chi connectivity index (χ4n) is 3.30. The molecule has 2 aliphatic carbocycles. The maximum absolute atomic E-state index is 6.04. The number of nitrogens with two attached hydrogens (primary N) is 1. The van der Waals surface area contributed by atoms with E-state index < -0.39 is 0 Å². The van der Waals surface area contributed by atoms with E-state index in [0.717, 1.165) is 18.5 Å². The third-order valence-corrected chi connectivity index (χ3v) is 4.69. The van der Waals surface area contributed by atoms with Gasteiger partial charge in [0.15, 0.2) is 0 Å². The molecule has 98 valence electrons. The second kappa shape index (κ2) is 5.02. The van der Waals surface area contributed by atoms with Crippen LogP contribution >= 0.6 is 0 Å².